The molecule has 4 heteroatoms. The summed E-state index contributed by atoms with van der Waals surface area (Å²) in [4.78, 5) is 0.794. The monoisotopic (exact) mass is 313 g/mol. The highest BCUT2D eigenvalue weighted by Gasteiger charge is 2.22. The van der Waals surface area contributed by atoms with E-state index < -0.39 is 10.8 Å². The van der Waals surface area contributed by atoms with Crippen LogP contribution in [-0.4, -0.2) is 10.5 Å². The van der Waals surface area contributed by atoms with Crippen molar-refractivity contribution in [1.82, 2.24) is 0 Å². The quantitative estimate of drug-likeness (QED) is 0.916. The van der Waals surface area contributed by atoms with E-state index >= 15 is 0 Å². The van der Waals surface area contributed by atoms with Crippen LogP contribution < -0.4 is 5.73 Å². The minimum Gasteiger partial charge on any atom is -0.398 e. The average molecular weight is 313 g/mol. The number of halogens is 1. The number of benzene rings is 2. The summed E-state index contributed by atoms with van der Waals surface area (Å²) in [6, 6.07) is 12.2. The van der Waals surface area contributed by atoms with Gasteiger partial charge in [0.25, 0.3) is 0 Å². The molecule has 1 aliphatic carbocycles. The van der Waals surface area contributed by atoms with Gasteiger partial charge in [-0.2, -0.15) is 0 Å². The van der Waals surface area contributed by atoms with Crippen molar-refractivity contribution in [3.63, 3.8) is 0 Å². The number of rotatable bonds is 2. The maximum absolute atomic E-state index is 13.4. The fourth-order valence-electron chi connectivity index (χ4n) is 2.63. The Kier molecular flexibility index (Phi) is 3.71. The third-order valence-electron chi connectivity index (χ3n) is 3.89. The summed E-state index contributed by atoms with van der Waals surface area (Å²) in [5.74, 6) is -0.287. The van der Waals surface area contributed by atoms with Crippen LogP contribution in [0.3, 0.4) is 0 Å². The molecule has 2 aromatic carbocycles. The van der Waals surface area contributed by atoms with Gasteiger partial charge in [-0.25, -0.2) is 4.39 Å². The highest BCUT2D eigenvalue weighted by molar-refractivity contribution is 7.84. The molecule has 1 atom stereocenters. The fourth-order valence-corrected chi connectivity index (χ4v) is 3.15. The van der Waals surface area contributed by atoms with Crippen LogP contribution in [-0.2, 0) is 10.8 Å². The highest BCUT2D eigenvalue weighted by Crippen LogP contribution is 2.39. The van der Waals surface area contributed by atoms with Crippen molar-refractivity contribution < 1.29 is 8.60 Å². The average Bonchev–Trinajstić information content (AvgIpc) is 2.73. The Morgan fingerprint density at radius 3 is 2.41 bits per heavy atom. The first-order chi connectivity index (χ1) is 10.5. The molecule has 0 aromatic heterocycles. The Morgan fingerprint density at radius 1 is 1.09 bits per heavy atom. The van der Waals surface area contributed by atoms with Gasteiger partial charge in [-0.3, -0.25) is 4.21 Å². The molecule has 3 rings (SSSR count). The van der Waals surface area contributed by atoms with Crippen molar-refractivity contribution >= 4 is 28.1 Å². The predicted octanol–water partition coefficient (Wildman–Crippen LogP) is 3.81. The van der Waals surface area contributed by atoms with Crippen LogP contribution in [0.25, 0.3) is 17.3 Å². The summed E-state index contributed by atoms with van der Waals surface area (Å²) in [6.45, 7) is 1.94. The lowest BCUT2D eigenvalue weighted by atomic mass is 10.0. The molecule has 0 spiro atoms. The zero-order chi connectivity index (χ0) is 15.9. The summed E-state index contributed by atoms with van der Waals surface area (Å²) in [7, 11) is -0.984. The highest BCUT2D eigenvalue weighted by atomic mass is 32.2. The summed E-state index contributed by atoms with van der Waals surface area (Å²) >= 11 is 0. The fraction of sp³-hybridized carbons (Fsp3) is 0.111. The van der Waals surface area contributed by atoms with Crippen LogP contribution in [0.1, 0.15) is 23.6 Å². The molecule has 1 unspecified atom stereocenters. The Hall–Kier alpha value is -2.20. The van der Waals surface area contributed by atoms with E-state index in [9.17, 15) is 8.60 Å². The molecule has 0 fully saturated rings. The predicted molar refractivity (Wildman–Crippen MR) is 89.8 cm³/mol. The summed E-state index contributed by atoms with van der Waals surface area (Å²) in [5, 5.41) is 0. The molecular formula is C18H16FNOS. The Morgan fingerprint density at radius 2 is 1.77 bits per heavy atom. The van der Waals surface area contributed by atoms with Gasteiger partial charge < -0.3 is 5.73 Å². The number of fused-ring (bicyclic) bond motifs is 1. The molecule has 2 aromatic rings. The Balaban J connectivity index is 2.07. The molecule has 2 N–H and O–H groups in total. The first kappa shape index (κ1) is 14.7. The van der Waals surface area contributed by atoms with Gasteiger partial charge in [0.1, 0.15) is 5.82 Å². The number of hydrogen-bond donors (Lipinski definition) is 1. The van der Waals surface area contributed by atoms with Gasteiger partial charge in [0, 0.05) is 33.2 Å². The van der Waals surface area contributed by atoms with Gasteiger partial charge in [-0.1, -0.05) is 18.2 Å². The topological polar surface area (TPSA) is 43.1 Å². The molecule has 0 heterocycles. The Bertz CT molecular complexity index is 835. The second-order valence-corrected chi connectivity index (χ2v) is 6.69. The van der Waals surface area contributed by atoms with Gasteiger partial charge in [0.05, 0.1) is 0 Å². The molecule has 0 radical (unpaired) electrons. The molecule has 0 amide bonds. The smallest absolute Gasteiger partial charge is 0.123 e. The lowest BCUT2D eigenvalue weighted by Gasteiger charge is -2.04. The van der Waals surface area contributed by atoms with Gasteiger partial charge >= 0.3 is 0 Å². The second-order valence-electron chi connectivity index (χ2n) is 5.31. The van der Waals surface area contributed by atoms with E-state index in [-0.39, 0.29) is 5.82 Å². The first-order valence-corrected chi connectivity index (χ1v) is 8.45. The van der Waals surface area contributed by atoms with Crippen molar-refractivity contribution in [1.29, 1.82) is 0 Å². The van der Waals surface area contributed by atoms with Crippen LogP contribution >= 0.6 is 0 Å². The molecule has 22 heavy (non-hydrogen) atoms. The molecule has 2 nitrogen and oxygen atoms in total. The third kappa shape index (κ3) is 2.50. The van der Waals surface area contributed by atoms with Gasteiger partial charge in [-0.05, 0) is 59.5 Å². The molecule has 0 saturated heterocycles. The summed E-state index contributed by atoms with van der Waals surface area (Å²) in [5.41, 5.74) is 11.3. The van der Waals surface area contributed by atoms with Crippen molar-refractivity contribution in [2.24, 2.45) is 5.73 Å². The van der Waals surface area contributed by atoms with Crippen LogP contribution in [0, 0.1) is 5.82 Å². The Labute approximate surface area is 131 Å². The van der Waals surface area contributed by atoms with Crippen molar-refractivity contribution in [2.45, 2.75) is 11.8 Å². The van der Waals surface area contributed by atoms with E-state index in [1.807, 2.05) is 37.3 Å². The maximum Gasteiger partial charge on any atom is 0.123 e. The van der Waals surface area contributed by atoms with E-state index in [0.717, 1.165) is 32.7 Å². The SMILES string of the molecule is CC1=C(N)c2cc(F)ccc2/C1=C\c1ccc(S(C)=O)cc1. The lowest BCUT2D eigenvalue weighted by Crippen LogP contribution is -1.95. The first-order valence-electron chi connectivity index (χ1n) is 6.89. The summed E-state index contributed by atoms with van der Waals surface area (Å²) in [6.07, 6.45) is 3.68. The van der Waals surface area contributed by atoms with E-state index in [0.29, 0.717) is 5.70 Å². The minimum atomic E-state index is -0.984. The van der Waals surface area contributed by atoms with E-state index in [1.165, 1.54) is 12.1 Å². The standard InChI is InChI=1S/C18H16FNOS/c1-11-16(9-12-3-6-14(7-4-12)22(2)21)15-8-5-13(19)10-17(15)18(11)20/h3-10H,20H2,1-2H3/b16-9-. The summed E-state index contributed by atoms with van der Waals surface area (Å²) < 4.78 is 24.8. The zero-order valence-electron chi connectivity index (χ0n) is 12.4. The van der Waals surface area contributed by atoms with Crippen molar-refractivity contribution in [3.8, 4) is 0 Å². The van der Waals surface area contributed by atoms with Gasteiger partial charge in [0.15, 0.2) is 0 Å². The largest absolute Gasteiger partial charge is 0.398 e. The van der Waals surface area contributed by atoms with E-state index in [1.54, 1.807) is 12.3 Å². The zero-order valence-corrected chi connectivity index (χ0v) is 13.2. The molecule has 112 valence electrons. The minimum absolute atomic E-state index is 0.287. The maximum atomic E-state index is 13.4. The van der Waals surface area contributed by atoms with Gasteiger partial charge in [0.2, 0.25) is 0 Å². The molecule has 0 aliphatic heterocycles. The normalized spacial score (nSPS) is 17.0. The molecular weight excluding hydrogens is 297 g/mol. The van der Waals surface area contributed by atoms with Gasteiger partial charge in [-0.15, -0.1) is 0 Å². The van der Waals surface area contributed by atoms with Crippen LogP contribution in [0.4, 0.5) is 4.39 Å². The number of nitrogens with two attached hydrogens (primary N) is 1. The molecule has 0 saturated carbocycles. The number of hydrogen-bond acceptors (Lipinski definition) is 2. The van der Waals surface area contributed by atoms with Crippen LogP contribution in [0.15, 0.2) is 52.9 Å². The van der Waals surface area contributed by atoms with E-state index in [4.69, 9.17) is 5.73 Å². The second kappa shape index (κ2) is 5.54. The van der Waals surface area contributed by atoms with Crippen molar-refractivity contribution in [2.75, 3.05) is 6.26 Å². The van der Waals surface area contributed by atoms with Crippen LogP contribution in [0.5, 0.6) is 0 Å². The number of allylic oxidation sites excluding steroid dienone is 2. The van der Waals surface area contributed by atoms with Crippen LogP contribution in [0.2, 0.25) is 0 Å². The van der Waals surface area contributed by atoms with Crippen molar-refractivity contribution in [3.05, 3.63) is 70.5 Å². The van der Waals surface area contributed by atoms with E-state index in [2.05, 4.69) is 0 Å². The lowest BCUT2D eigenvalue weighted by molar-refractivity contribution is 0.627. The molecule has 0 bridgehead atoms. The molecule has 1 aliphatic rings. The third-order valence-corrected chi connectivity index (χ3v) is 4.83.